The number of nitrogens with two attached hydrogens (primary N) is 1. The number of rotatable bonds is 3. The van der Waals surface area contributed by atoms with Crippen LogP contribution >= 0.6 is 11.6 Å². The molecule has 5 heteroatoms. The van der Waals surface area contributed by atoms with Gasteiger partial charge in [-0.15, -0.1) is 0 Å². The summed E-state index contributed by atoms with van der Waals surface area (Å²) in [7, 11) is 0. The fraction of sp³-hybridized carbons (Fsp3) is 0.125. The van der Waals surface area contributed by atoms with Crippen molar-refractivity contribution >= 4 is 17.4 Å². The average Bonchev–Trinajstić information content (AvgIpc) is 2.06. The summed E-state index contributed by atoms with van der Waals surface area (Å²) in [4.78, 5) is 0. The van der Waals surface area contributed by atoms with Crippen LogP contribution in [-0.4, -0.2) is 12.4 Å². The van der Waals surface area contributed by atoms with Crippen molar-refractivity contribution < 1.29 is 9.13 Å². The number of hydrogen-bond acceptors (Lipinski definition) is 2. The summed E-state index contributed by atoms with van der Waals surface area (Å²) in [5.74, 6) is -0.389. The zero-order valence-electron chi connectivity index (χ0n) is 6.68. The molecule has 0 radical (unpaired) electrons. The second-order valence-corrected chi connectivity index (χ2v) is 2.80. The van der Waals surface area contributed by atoms with Crippen LogP contribution < -0.4 is 10.5 Å². The topological polar surface area (TPSA) is 59.1 Å². The smallest absolute Gasteiger partial charge is 0.145 e. The number of benzene rings is 1. The molecule has 1 rings (SSSR count). The van der Waals surface area contributed by atoms with Gasteiger partial charge in [0.15, 0.2) is 0 Å². The van der Waals surface area contributed by atoms with E-state index in [1.807, 2.05) is 0 Å². The first-order valence-electron chi connectivity index (χ1n) is 3.50. The molecule has 0 fully saturated rings. The first-order chi connectivity index (χ1) is 6.09. The maximum absolute atomic E-state index is 12.6. The van der Waals surface area contributed by atoms with E-state index in [1.165, 1.54) is 12.1 Å². The standard InChI is InChI=1S/C8H8ClFN2O/c9-6-2-1-5(10)3-7(6)13-4-8(11)12/h1-3H,4H2,(H3,11,12). The Balaban J connectivity index is 2.75. The van der Waals surface area contributed by atoms with Crippen LogP contribution in [0.3, 0.4) is 0 Å². The van der Waals surface area contributed by atoms with Crippen LogP contribution in [0.5, 0.6) is 5.75 Å². The van der Waals surface area contributed by atoms with E-state index in [4.69, 9.17) is 27.5 Å². The third kappa shape index (κ3) is 2.91. The van der Waals surface area contributed by atoms with Gasteiger partial charge in [0, 0.05) is 6.07 Å². The van der Waals surface area contributed by atoms with Gasteiger partial charge in [0.2, 0.25) is 0 Å². The van der Waals surface area contributed by atoms with Gasteiger partial charge in [-0.25, -0.2) is 4.39 Å². The monoisotopic (exact) mass is 202 g/mol. The second-order valence-electron chi connectivity index (χ2n) is 2.39. The Hall–Kier alpha value is -1.29. The summed E-state index contributed by atoms with van der Waals surface area (Å²) < 4.78 is 17.6. The molecule has 70 valence electrons. The minimum atomic E-state index is -0.442. The Morgan fingerprint density at radius 3 is 2.92 bits per heavy atom. The van der Waals surface area contributed by atoms with Crippen LogP contribution in [0.15, 0.2) is 18.2 Å². The summed E-state index contributed by atoms with van der Waals surface area (Å²) in [5, 5.41) is 7.18. The van der Waals surface area contributed by atoms with Crippen molar-refractivity contribution in [1.29, 1.82) is 5.41 Å². The Kier molecular flexibility index (Phi) is 3.08. The van der Waals surface area contributed by atoms with Crippen molar-refractivity contribution in [3.8, 4) is 5.75 Å². The lowest BCUT2D eigenvalue weighted by Crippen LogP contribution is -2.19. The number of hydrogen-bond donors (Lipinski definition) is 2. The highest BCUT2D eigenvalue weighted by Crippen LogP contribution is 2.24. The van der Waals surface area contributed by atoms with Gasteiger partial charge >= 0.3 is 0 Å². The fourth-order valence-electron chi connectivity index (χ4n) is 0.743. The number of ether oxygens (including phenoxy) is 1. The quantitative estimate of drug-likeness (QED) is 0.580. The fourth-order valence-corrected chi connectivity index (χ4v) is 0.915. The van der Waals surface area contributed by atoms with Gasteiger partial charge in [-0.05, 0) is 12.1 Å². The minimum Gasteiger partial charge on any atom is -0.484 e. The van der Waals surface area contributed by atoms with E-state index in [2.05, 4.69) is 0 Å². The average molecular weight is 203 g/mol. The van der Waals surface area contributed by atoms with Gasteiger partial charge in [-0.3, -0.25) is 5.41 Å². The summed E-state index contributed by atoms with van der Waals surface area (Å²) in [6.07, 6.45) is 0. The summed E-state index contributed by atoms with van der Waals surface area (Å²) in [6, 6.07) is 3.75. The van der Waals surface area contributed by atoms with Gasteiger partial charge in [-0.2, -0.15) is 0 Å². The van der Waals surface area contributed by atoms with Crippen LogP contribution in [0.2, 0.25) is 5.02 Å². The summed E-state index contributed by atoms with van der Waals surface area (Å²) in [5.41, 5.74) is 5.05. The third-order valence-corrected chi connectivity index (χ3v) is 1.59. The molecule has 1 aromatic carbocycles. The largest absolute Gasteiger partial charge is 0.484 e. The van der Waals surface area contributed by atoms with Crippen LogP contribution in [-0.2, 0) is 0 Å². The van der Waals surface area contributed by atoms with E-state index in [0.717, 1.165) is 6.07 Å². The van der Waals surface area contributed by atoms with Crippen LogP contribution in [0, 0.1) is 11.2 Å². The van der Waals surface area contributed by atoms with E-state index in [0.29, 0.717) is 5.02 Å². The molecule has 0 saturated heterocycles. The molecule has 3 nitrogen and oxygen atoms in total. The Morgan fingerprint density at radius 1 is 1.62 bits per heavy atom. The molecule has 13 heavy (non-hydrogen) atoms. The first-order valence-corrected chi connectivity index (χ1v) is 3.88. The van der Waals surface area contributed by atoms with Crippen molar-refractivity contribution in [2.75, 3.05) is 6.61 Å². The van der Waals surface area contributed by atoms with Crippen LogP contribution in [0.4, 0.5) is 4.39 Å². The third-order valence-electron chi connectivity index (χ3n) is 1.28. The predicted molar refractivity (Wildman–Crippen MR) is 48.8 cm³/mol. The molecule has 0 heterocycles. The summed E-state index contributed by atoms with van der Waals surface area (Å²) >= 11 is 5.68. The highest BCUT2D eigenvalue weighted by Gasteiger charge is 2.03. The molecule has 0 unspecified atom stereocenters. The molecule has 1 aromatic rings. The highest BCUT2D eigenvalue weighted by molar-refractivity contribution is 6.32. The van der Waals surface area contributed by atoms with E-state index in [-0.39, 0.29) is 18.2 Å². The minimum absolute atomic E-state index is 0.0941. The van der Waals surface area contributed by atoms with Crippen LogP contribution in [0.1, 0.15) is 0 Å². The lowest BCUT2D eigenvalue weighted by molar-refractivity contribution is 0.372. The molecule has 0 aliphatic carbocycles. The molecule has 0 aromatic heterocycles. The zero-order valence-corrected chi connectivity index (χ0v) is 7.44. The van der Waals surface area contributed by atoms with Gasteiger partial charge in [0.25, 0.3) is 0 Å². The van der Waals surface area contributed by atoms with Gasteiger partial charge < -0.3 is 10.5 Å². The maximum atomic E-state index is 12.6. The lowest BCUT2D eigenvalue weighted by atomic mass is 10.3. The highest BCUT2D eigenvalue weighted by atomic mass is 35.5. The van der Waals surface area contributed by atoms with E-state index in [1.54, 1.807) is 0 Å². The molecule has 0 aliphatic heterocycles. The van der Waals surface area contributed by atoms with Crippen molar-refractivity contribution in [3.05, 3.63) is 29.0 Å². The molecule has 0 bridgehead atoms. The molecule has 3 N–H and O–H groups in total. The van der Waals surface area contributed by atoms with Gasteiger partial charge in [0.05, 0.1) is 5.02 Å². The second kappa shape index (κ2) is 4.09. The SMILES string of the molecule is N=C(N)COc1cc(F)ccc1Cl. The van der Waals surface area contributed by atoms with Crippen molar-refractivity contribution in [3.63, 3.8) is 0 Å². The number of halogens is 2. The Bertz CT molecular complexity index is 330. The molecule has 0 aliphatic rings. The molecule has 0 saturated carbocycles. The first kappa shape index (κ1) is 9.80. The normalized spacial score (nSPS) is 9.69. The lowest BCUT2D eigenvalue weighted by Gasteiger charge is -2.06. The molecule has 0 spiro atoms. The molecular formula is C8H8ClFN2O. The van der Waals surface area contributed by atoms with Crippen molar-refractivity contribution in [2.45, 2.75) is 0 Å². The maximum Gasteiger partial charge on any atom is 0.145 e. The van der Waals surface area contributed by atoms with Crippen molar-refractivity contribution in [1.82, 2.24) is 0 Å². The molecular weight excluding hydrogens is 195 g/mol. The number of nitrogens with one attached hydrogen (secondary N) is 1. The van der Waals surface area contributed by atoms with E-state index in [9.17, 15) is 4.39 Å². The zero-order chi connectivity index (χ0) is 9.84. The number of amidine groups is 1. The van der Waals surface area contributed by atoms with E-state index < -0.39 is 5.82 Å². The molecule has 0 atom stereocenters. The molecule has 0 amide bonds. The van der Waals surface area contributed by atoms with E-state index >= 15 is 0 Å². The Morgan fingerprint density at radius 2 is 2.31 bits per heavy atom. The predicted octanol–water partition coefficient (Wildman–Crippen LogP) is 1.79. The van der Waals surface area contributed by atoms with Gasteiger partial charge in [-0.1, -0.05) is 11.6 Å². The Labute approximate surface area is 79.8 Å². The van der Waals surface area contributed by atoms with Gasteiger partial charge in [0.1, 0.15) is 24.0 Å². The van der Waals surface area contributed by atoms with Crippen LogP contribution in [0.25, 0.3) is 0 Å². The van der Waals surface area contributed by atoms with Crippen molar-refractivity contribution in [2.24, 2.45) is 5.73 Å². The summed E-state index contributed by atoms with van der Waals surface area (Å²) in [6.45, 7) is -0.0941.